The van der Waals surface area contributed by atoms with E-state index in [2.05, 4.69) is 142 Å². The fraction of sp³-hybridized carbons (Fsp3) is 0.276. The van der Waals surface area contributed by atoms with Crippen LogP contribution in [0.2, 0.25) is 0 Å². The molecule has 0 bridgehead atoms. The van der Waals surface area contributed by atoms with Crippen molar-refractivity contribution in [3.63, 3.8) is 0 Å². The molecule has 1 N–H and O–H groups in total. The maximum atomic E-state index is 11.3. The molecule has 3 aromatic heterocycles. The van der Waals surface area contributed by atoms with E-state index in [4.69, 9.17) is 23.5 Å². The van der Waals surface area contributed by atoms with E-state index in [0.717, 1.165) is 107 Å². The van der Waals surface area contributed by atoms with E-state index in [0.29, 0.717) is 17.4 Å². The number of carbonyl (C=O) groups is 1. The molecule has 8 aromatic rings. The van der Waals surface area contributed by atoms with Gasteiger partial charge in [-0.25, -0.2) is 4.79 Å². The number of ether oxygens (including phenoxy) is 2. The van der Waals surface area contributed by atoms with E-state index in [1.54, 1.807) is 28.7 Å². The minimum absolute atomic E-state index is 0.301. The maximum Gasteiger partial charge on any atom is 0.346 e. The molecule has 0 radical (unpaired) electrons. The summed E-state index contributed by atoms with van der Waals surface area (Å²) in [5.41, 5.74) is 9.47. The zero-order chi connectivity index (χ0) is 48.1. The zero-order valence-electron chi connectivity index (χ0n) is 39.7. The van der Waals surface area contributed by atoms with E-state index >= 15 is 0 Å². The lowest BCUT2D eigenvalue weighted by atomic mass is 10.0. The van der Waals surface area contributed by atoms with E-state index in [1.165, 1.54) is 56.3 Å². The molecule has 0 aliphatic heterocycles. The van der Waals surface area contributed by atoms with Crippen LogP contribution in [0, 0.1) is 23.2 Å². The van der Waals surface area contributed by atoms with Crippen LogP contribution in [0.25, 0.3) is 58.9 Å². The number of carboxylic acids is 1. The van der Waals surface area contributed by atoms with Crippen molar-refractivity contribution >= 4 is 74.5 Å². The first-order chi connectivity index (χ1) is 33.8. The number of hydrogen-bond donors (Lipinski definition) is 1. The molecule has 11 heteroatoms. The van der Waals surface area contributed by atoms with Crippen LogP contribution in [0.1, 0.15) is 84.6 Å². The highest BCUT2D eigenvalue weighted by Crippen LogP contribution is 2.44. The van der Waals surface area contributed by atoms with Crippen LogP contribution in [0.5, 0.6) is 11.5 Å². The molecule has 0 aliphatic carbocycles. The number of thiophene rings is 2. The number of aliphatic carboxylic acids is 1. The van der Waals surface area contributed by atoms with E-state index in [9.17, 15) is 9.90 Å². The van der Waals surface area contributed by atoms with Gasteiger partial charge in [-0.2, -0.15) is 14.0 Å². The van der Waals surface area contributed by atoms with Crippen LogP contribution >= 0.6 is 34.4 Å². The lowest BCUT2D eigenvalue weighted by Crippen LogP contribution is -2.12. The fourth-order valence-electron chi connectivity index (χ4n) is 8.42. The molecular formula is C58H58N4O4S3. The summed E-state index contributed by atoms with van der Waals surface area (Å²) in [6.45, 7) is 10.5. The first kappa shape index (κ1) is 48.9. The van der Waals surface area contributed by atoms with Crippen molar-refractivity contribution < 1.29 is 19.4 Å². The number of rotatable bonds is 23. The number of benzene rings is 5. The molecule has 8 nitrogen and oxygen atoms in total. The van der Waals surface area contributed by atoms with Gasteiger partial charge in [0.05, 0.1) is 24.9 Å². The molecule has 3 heterocycles. The first-order valence-electron chi connectivity index (χ1n) is 24.1. The minimum Gasteiger partial charge on any atom is -0.493 e. The number of anilines is 3. The van der Waals surface area contributed by atoms with Crippen LogP contribution in [-0.2, 0) is 4.79 Å². The molecule has 69 heavy (non-hydrogen) atoms. The molecule has 0 amide bonds. The number of aromatic nitrogens is 2. The lowest BCUT2D eigenvalue weighted by Gasteiger charge is -2.26. The van der Waals surface area contributed by atoms with Crippen LogP contribution in [0.3, 0.4) is 0 Å². The SMILES string of the molecule is CCCCC(CC)COc1ccc(N(c2ccc(OCC(CC)CCCC)cc2)c2ccc(-c3ccc(-c4ccc(-c5ccc(-c6ccc(/C=C(/C#N)C(=O)O)cc6)s5)c5nsnc45)s3)cc2)cc1. The third kappa shape index (κ3) is 12.0. The Morgan fingerprint density at radius 1 is 0.609 bits per heavy atom. The largest absolute Gasteiger partial charge is 0.493 e. The Kier molecular flexibility index (Phi) is 16.7. The second kappa shape index (κ2) is 23.6. The summed E-state index contributed by atoms with van der Waals surface area (Å²) in [4.78, 5) is 18.0. The van der Waals surface area contributed by atoms with Gasteiger partial charge >= 0.3 is 5.97 Å². The Hall–Kier alpha value is -6.58. The van der Waals surface area contributed by atoms with E-state index in [1.807, 2.05) is 24.3 Å². The minimum atomic E-state index is -1.24. The molecule has 0 saturated heterocycles. The highest BCUT2D eigenvalue weighted by atomic mass is 32.1. The van der Waals surface area contributed by atoms with Crippen molar-refractivity contribution in [1.29, 1.82) is 5.26 Å². The topological polar surface area (TPSA) is 109 Å². The van der Waals surface area contributed by atoms with Gasteiger partial charge in [0.1, 0.15) is 34.2 Å². The number of carboxylic acid groups (broad SMARTS) is 1. The quantitative estimate of drug-likeness (QED) is 0.0499. The molecule has 0 saturated carbocycles. The average molecular weight is 971 g/mol. The molecule has 0 fully saturated rings. The predicted molar refractivity (Wildman–Crippen MR) is 288 cm³/mol. The Labute approximate surface area is 418 Å². The third-order valence-corrected chi connectivity index (χ3v) is 15.5. The number of nitrogens with zero attached hydrogens (tertiary/aromatic N) is 4. The van der Waals surface area contributed by atoms with Crippen LogP contribution in [0.15, 0.2) is 139 Å². The summed E-state index contributed by atoms with van der Waals surface area (Å²) in [6.07, 6.45) is 10.9. The van der Waals surface area contributed by atoms with E-state index < -0.39 is 5.97 Å². The number of nitriles is 1. The summed E-state index contributed by atoms with van der Waals surface area (Å²) in [5.74, 6) is 1.67. The van der Waals surface area contributed by atoms with Crippen LogP contribution in [-0.4, -0.2) is 33.0 Å². The van der Waals surface area contributed by atoms with Gasteiger partial charge in [0, 0.05) is 47.7 Å². The van der Waals surface area contributed by atoms with Crippen molar-refractivity contribution in [2.45, 2.75) is 79.1 Å². The Balaban J connectivity index is 1.01. The van der Waals surface area contributed by atoms with Crippen LogP contribution in [0.4, 0.5) is 17.1 Å². The maximum absolute atomic E-state index is 11.3. The molecule has 0 spiro atoms. The van der Waals surface area contributed by atoms with Gasteiger partial charge in [-0.3, -0.25) is 0 Å². The van der Waals surface area contributed by atoms with Crippen molar-refractivity contribution in [2.24, 2.45) is 11.8 Å². The fourth-order valence-corrected chi connectivity index (χ4v) is 11.1. The van der Waals surface area contributed by atoms with Crippen LogP contribution < -0.4 is 14.4 Å². The molecule has 2 unspecified atom stereocenters. The molecule has 8 rings (SSSR count). The molecule has 5 aromatic carbocycles. The van der Waals surface area contributed by atoms with Gasteiger partial charge in [-0.05, 0) is 132 Å². The smallest absolute Gasteiger partial charge is 0.346 e. The van der Waals surface area contributed by atoms with Gasteiger partial charge in [0.25, 0.3) is 0 Å². The monoisotopic (exact) mass is 970 g/mol. The summed E-state index contributed by atoms with van der Waals surface area (Å²) >= 11 is 4.63. The Morgan fingerprint density at radius 3 is 1.43 bits per heavy atom. The zero-order valence-corrected chi connectivity index (χ0v) is 42.1. The third-order valence-electron chi connectivity index (χ3n) is 12.7. The normalized spacial score (nSPS) is 12.4. The van der Waals surface area contributed by atoms with Gasteiger partial charge in [0.15, 0.2) is 0 Å². The predicted octanol–water partition coefficient (Wildman–Crippen LogP) is 17.1. The summed E-state index contributed by atoms with van der Waals surface area (Å²) < 4.78 is 22.2. The highest BCUT2D eigenvalue weighted by molar-refractivity contribution is 7.19. The standard InChI is InChI=1S/C58H58N4O4S3/c1-5-9-11-39(7-3)37-65-48-25-21-46(22-26-48)62(47-23-27-49(28-24-47)66-38-40(8-4)12-10-6-2)45-19-17-43(18-20-45)53-32-34-55(68-53)51-30-29-50(56-57(51)61-69-60-56)54-33-31-52(67-54)42-15-13-41(14-16-42)35-44(36-59)58(63)64/h13-35,39-40H,5-12,37-38H2,1-4H3,(H,63,64)/b44-35-. The van der Waals surface area contributed by atoms with Crippen molar-refractivity contribution in [3.05, 3.63) is 145 Å². The van der Waals surface area contributed by atoms with Gasteiger partial charge in [0.2, 0.25) is 0 Å². The van der Waals surface area contributed by atoms with Gasteiger partial charge < -0.3 is 19.5 Å². The number of hydrogen-bond acceptors (Lipinski definition) is 10. The summed E-state index contributed by atoms with van der Waals surface area (Å²) in [5, 5.41) is 18.4. The van der Waals surface area contributed by atoms with Crippen molar-refractivity contribution in [2.75, 3.05) is 18.1 Å². The first-order valence-corrected chi connectivity index (χ1v) is 26.4. The summed E-state index contributed by atoms with van der Waals surface area (Å²) in [6, 6.07) is 47.9. The van der Waals surface area contributed by atoms with E-state index in [-0.39, 0.29) is 5.57 Å². The van der Waals surface area contributed by atoms with Crippen molar-refractivity contribution in [1.82, 2.24) is 8.75 Å². The second-order valence-electron chi connectivity index (χ2n) is 17.4. The second-order valence-corrected chi connectivity index (χ2v) is 20.1. The van der Waals surface area contributed by atoms with Gasteiger partial charge in [-0.15, -0.1) is 22.7 Å². The number of unbranched alkanes of at least 4 members (excludes halogenated alkanes) is 2. The molecule has 2 atom stereocenters. The summed E-state index contributed by atoms with van der Waals surface area (Å²) in [7, 11) is 0. The average Bonchev–Trinajstić information content (AvgIpc) is 4.20. The van der Waals surface area contributed by atoms with Crippen molar-refractivity contribution in [3.8, 4) is 59.3 Å². The number of fused-ring (bicyclic) bond motifs is 1. The van der Waals surface area contributed by atoms with Gasteiger partial charge in [-0.1, -0.05) is 115 Å². The lowest BCUT2D eigenvalue weighted by molar-refractivity contribution is -0.132. The molecule has 352 valence electrons. The Morgan fingerprint density at radius 2 is 1.03 bits per heavy atom. The highest BCUT2D eigenvalue weighted by Gasteiger charge is 2.19. The Bertz CT molecular complexity index is 2940. The molecule has 0 aliphatic rings. The molecular weight excluding hydrogens is 913 g/mol.